The molecule has 1 saturated carbocycles. The summed E-state index contributed by atoms with van der Waals surface area (Å²) >= 11 is 0. The van der Waals surface area contributed by atoms with Gasteiger partial charge in [0.25, 0.3) is 0 Å². The van der Waals surface area contributed by atoms with Crippen LogP contribution in [0.1, 0.15) is 50.5 Å². The molecule has 0 radical (unpaired) electrons. The smallest absolute Gasteiger partial charge is 0.123 e. The Morgan fingerprint density at radius 2 is 1.61 bits per heavy atom. The second kappa shape index (κ2) is 8.79. The fourth-order valence-corrected chi connectivity index (χ4v) is 3.99. The molecule has 0 aromatic heterocycles. The number of hydrogen-bond donors (Lipinski definition) is 0. The normalized spacial score (nSPS) is 21.6. The van der Waals surface area contributed by atoms with E-state index >= 15 is 0 Å². The van der Waals surface area contributed by atoms with Crippen LogP contribution in [0.25, 0.3) is 0 Å². The van der Waals surface area contributed by atoms with Gasteiger partial charge in [-0.15, -0.1) is 0 Å². The number of halogens is 1. The molecule has 0 N–H and O–H groups in total. The van der Waals surface area contributed by atoms with Crippen LogP contribution in [0, 0.1) is 17.7 Å². The molecule has 1 aliphatic carbocycles. The minimum Gasteiger partial charge on any atom is -0.376 e. The summed E-state index contributed by atoms with van der Waals surface area (Å²) in [6.07, 6.45) is 9.74. The Morgan fingerprint density at radius 3 is 2.30 bits per heavy atom. The van der Waals surface area contributed by atoms with Crippen LogP contribution in [-0.4, -0.2) is 31.1 Å². The van der Waals surface area contributed by atoms with Crippen molar-refractivity contribution in [3.8, 4) is 0 Å². The largest absolute Gasteiger partial charge is 0.376 e. The molecule has 1 heterocycles. The van der Waals surface area contributed by atoms with Gasteiger partial charge in [-0.3, -0.25) is 0 Å². The highest BCUT2D eigenvalue weighted by atomic mass is 19.1. The molecule has 0 bridgehead atoms. The number of nitrogens with zero attached hydrogens (tertiary/aromatic N) is 1. The highest BCUT2D eigenvalue weighted by Crippen LogP contribution is 2.26. The lowest BCUT2D eigenvalue weighted by Gasteiger charge is -2.35. The molecule has 1 aliphatic heterocycles. The van der Waals surface area contributed by atoms with Gasteiger partial charge in [-0.2, -0.15) is 0 Å². The molecular weight excluding hydrogens is 289 g/mol. The zero-order valence-corrected chi connectivity index (χ0v) is 14.2. The zero-order chi connectivity index (χ0) is 15.9. The van der Waals surface area contributed by atoms with Gasteiger partial charge >= 0.3 is 0 Å². The monoisotopic (exact) mass is 319 g/mol. The van der Waals surface area contributed by atoms with Crippen molar-refractivity contribution in [2.75, 3.05) is 26.2 Å². The first-order chi connectivity index (χ1) is 11.3. The Kier molecular flexibility index (Phi) is 6.46. The Labute approximate surface area is 140 Å². The summed E-state index contributed by atoms with van der Waals surface area (Å²) in [6, 6.07) is 6.62. The van der Waals surface area contributed by atoms with Crippen LogP contribution in [0.5, 0.6) is 0 Å². The van der Waals surface area contributed by atoms with Gasteiger partial charge in [0.1, 0.15) is 5.82 Å². The van der Waals surface area contributed by atoms with Crippen molar-refractivity contribution in [1.82, 2.24) is 4.90 Å². The van der Waals surface area contributed by atoms with Crippen LogP contribution in [0.3, 0.4) is 0 Å². The molecule has 0 amide bonds. The molecule has 1 aromatic rings. The quantitative estimate of drug-likeness (QED) is 0.757. The molecule has 2 fully saturated rings. The van der Waals surface area contributed by atoms with E-state index in [0.717, 1.165) is 18.1 Å². The fraction of sp³-hybridized carbons (Fsp3) is 0.700. The first kappa shape index (κ1) is 16.9. The Hall–Kier alpha value is -0.930. The molecule has 3 heteroatoms. The van der Waals surface area contributed by atoms with Crippen LogP contribution >= 0.6 is 0 Å². The van der Waals surface area contributed by atoms with Gasteiger partial charge in [0.15, 0.2) is 0 Å². The van der Waals surface area contributed by atoms with Gasteiger partial charge in [0.2, 0.25) is 0 Å². The maximum absolute atomic E-state index is 12.9. The Morgan fingerprint density at radius 1 is 0.913 bits per heavy atom. The summed E-state index contributed by atoms with van der Waals surface area (Å²) in [7, 11) is 0. The Bertz CT molecular complexity index is 447. The van der Waals surface area contributed by atoms with Gasteiger partial charge < -0.3 is 9.64 Å². The van der Waals surface area contributed by atoms with Crippen LogP contribution in [-0.2, 0) is 11.3 Å². The number of benzene rings is 1. The lowest BCUT2D eigenvalue weighted by molar-refractivity contribution is 0.0529. The second-order valence-corrected chi connectivity index (χ2v) is 7.39. The number of piperidine rings is 1. The standard InChI is InChI=1S/C20H30FNO/c21-20-8-6-18(7-9-20)15-23-16-19-10-12-22(13-11-19)14-17-4-2-1-3-5-17/h6-9,17,19H,1-5,10-16H2. The van der Waals surface area contributed by atoms with Crippen LogP contribution in [0.4, 0.5) is 4.39 Å². The van der Waals surface area contributed by atoms with Gasteiger partial charge in [0.05, 0.1) is 6.61 Å². The van der Waals surface area contributed by atoms with E-state index in [-0.39, 0.29) is 5.82 Å². The molecular formula is C20H30FNO. The van der Waals surface area contributed by atoms with Gasteiger partial charge in [0, 0.05) is 13.2 Å². The lowest BCUT2D eigenvalue weighted by Crippen LogP contribution is -2.38. The van der Waals surface area contributed by atoms with Gasteiger partial charge in [-0.05, 0) is 68.3 Å². The second-order valence-electron chi connectivity index (χ2n) is 7.39. The molecule has 3 rings (SSSR count). The maximum atomic E-state index is 12.9. The molecule has 2 nitrogen and oxygen atoms in total. The first-order valence-electron chi connectivity index (χ1n) is 9.34. The maximum Gasteiger partial charge on any atom is 0.123 e. The average molecular weight is 319 g/mol. The third-order valence-corrected chi connectivity index (χ3v) is 5.48. The van der Waals surface area contributed by atoms with E-state index in [1.807, 2.05) is 12.1 Å². The minimum absolute atomic E-state index is 0.181. The van der Waals surface area contributed by atoms with Crippen molar-refractivity contribution in [2.24, 2.45) is 11.8 Å². The minimum atomic E-state index is -0.181. The fourth-order valence-electron chi connectivity index (χ4n) is 3.99. The van der Waals surface area contributed by atoms with E-state index in [0.29, 0.717) is 12.5 Å². The molecule has 128 valence electrons. The van der Waals surface area contributed by atoms with Crippen LogP contribution in [0.15, 0.2) is 24.3 Å². The van der Waals surface area contributed by atoms with E-state index in [4.69, 9.17) is 4.74 Å². The SMILES string of the molecule is Fc1ccc(COCC2CCN(CC3CCCCC3)CC2)cc1. The Balaban J connectivity index is 1.30. The topological polar surface area (TPSA) is 12.5 Å². The summed E-state index contributed by atoms with van der Waals surface area (Å²) in [4.78, 5) is 2.67. The molecule has 2 aliphatic rings. The van der Waals surface area contributed by atoms with Crippen molar-refractivity contribution >= 4 is 0 Å². The summed E-state index contributed by atoms with van der Waals surface area (Å²) in [5.74, 6) is 1.46. The molecule has 0 spiro atoms. The summed E-state index contributed by atoms with van der Waals surface area (Å²) in [5.41, 5.74) is 1.06. The number of likely N-dealkylation sites (tertiary alicyclic amines) is 1. The summed E-state index contributed by atoms with van der Waals surface area (Å²) in [6.45, 7) is 5.24. The van der Waals surface area contributed by atoms with Crippen molar-refractivity contribution in [1.29, 1.82) is 0 Å². The van der Waals surface area contributed by atoms with Crippen molar-refractivity contribution in [3.05, 3.63) is 35.6 Å². The average Bonchev–Trinajstić information content (AvgIpc) is 2.59. The third-order valence-electron chi connectivity index (χ3n) is 5.48. The van der Waals surface area contributed by atoms with E-state index in [1.54, 1.807) is 0 Å². The van der Waals surface area contributed by atoms with Crippen molar-refractivity contribution in [2.45, 2.75) is 51.6 Å². The van der Waals surface area contributed by atoms with Crippen LogP contribution in [0.2, 0.25) is 0 Å². The molecule has 23 heavy (non-hydrogen) atoms. The van der Waals surface area contributed by atoms with E-state index < -0.39 is 0 Å². The zero-order valence-electron chi connectivity index (χ0n) is 14.2. The lowest BCUT2D eigenvalue weighted by atomic mass is 9.88. The van der Waals surface area contributed by atoms with Crippen molar-refractivity contribution in [3.63, 3.8) is 0 Å². The van der Waals surface area contributed by atoms with Gasteiger partial charge in [-0.1, -0.05) is 31.4 Å². The van der Waals surface area contributed by atoms with Crippen LogP contribution < -0.4 is 0 Å². The number of rotatable bonds is 6. The predicted octanol–water partition coefficient (Wildman–Crippen LogP) is 4.63. The van der Waals surface area contributed by atoms with Gasteiger partial charge in [-0.25, -0.2) is 4.39 Å². The summed E-state index contributed by atoms with van der Waals surface area (Å²) in [5, 5.41) is 0. The van der Waals surface area contributed by atoms with E-state index in [9.17, 15) is 4.39 Å². The predicted molar refractivity (Wildman–Crippen MR) is 91.8 cm³/mol. The number of ether oxygens (including phenoxy) is 1. The highest BCUT2D eigenvalue weighted by Gasteiger charge is 2.22. The molecule has 1 aromatic carbocycles. The summed E-state index contributed by atoms with van der Waals surface area (Å²) < 4.78 is 18.7. The molecule has 1 saturated heterocycles. The first-order valence-corrected chi connectivity index (χ1v) is 9.34. The highest BCUT2D eigenvalue weighted by molar-refractivity contribution is 5.14. The third kappa shape index (κ3) is 5.58. The molecule has 0 atom stereocenters. The van der Waals surface area contributed by atoms with E-state index in [1.165, 1.54) is 76.7 Å². The van der Waals surface area contributed by atoms with E-state index in [2.05, 4.69) is 4.90 Å². The molecule has 0 unspecified atom stereocenters. The van der Waals surface area contributed by atoms with Crippen molar-refractivity contribution < 1.29 is 9.13 Å². The number of hydrogen-bond acceptors (Lipinski definition) is 2.